The molecule has 1 unspecified atom stereocenters. The van der Waals surface area contributed by atoms with Crippen molar-refractivity contribution in [2.45, 2.75) is 25.7 Å². The SMILES string of the molecule is CC(=O)c1cccc(CC(Cc2cccnc2)c2ccc(F)cc2)c1. The Morgan fingerprint density at radius 1 is 1.00 bits per heavy atom. The van der Waals surface area contributed by atoms with Crippen LogP contribution in [-0.4, -0.2) is 10.8 Å². The Kier molecular flexibility index (Phi) is 5.34. The molecule has 2 nitrogen and oxygen atoms in total. The van der Waals surface area contributed by atoms with Crippen molar-refractivity contribution in [1.29, 1.82) is 0 Å². The lowest BCUT2D eigenvalue weighted by atomic mass is 9.86. The van der Waals surface area contributed by atoms with Crippen molar-refractivity contribution >= 4 is 5.78 Å². The fourth-order valence-electron chi connectivity index (χ4n) is 3.05. The van der Waals surface area contributed by atoms with E-state index in [0.29, 0.717) is 0 Å². The van der Waals surface area contributed by atoms with E-state index in [1.807, 2.05) is 48.7 Å². The van der Waals surface area contributed by atoms with Crippen LogP contribution < -0.4 is 0 Å². The van der Waals surface area contributed by atoms with Crippen molar-refractivity contribution in [3.8, 4) is 0 Å². The lowest BCUT2D eigenvalue weighted by Gasteiger charge is -2.18. The third-order valence-corrected chi connectivity index (χ3v) is 4.36. The number of nitrogens with zero attached hydrogens (tertiary/aromatic N) is 1. The van der Waals surface area contributed by atoms with Gasteiger partial charge in [-0.25, -0.2) is 4.39 Å². The first-order chi connectivity index (χ1) is 12.1. The van der Waals surface area contributed by atoms with Gasteiger partial charge < -0.3 is 0 Å². The highest BCUT2D eigenvalue weighted by Gasteiger charge is 2.14. The molecule has 3 heteroatoms. The maximum absolute atomic E-state index is 13.3. The number of rotatable bonds is 6. The zero-order valence-corrected chi connectivity index (χ0v) is 14.2. The average molecular weight is 333 g/mol. The standard InChI is InChI=1S/C22H20FNO/c1-16(25)20-6-2-4-17(12-20)13-21(14-18-5-3-11-24-15-18)19-7-9-22(23)10-8-19/h2-12,15,21H,13-14H2,1H3. The van der Waals surface area contributed by atoms with Crippen molar-refractivity contribution in [1.82, 2.24) is 4.98 Å². The number of hydrogen-bond donors (Lipinski definition) is 0. The molecule has 2 aromatic carbocycles. The summed E-state index contributed by atoms with van der Waals surface area (Å²) in [4.78, 5) is 15.8. The summed E-state index contributed by atoms with van der Waals surface area (Å²) in [6.45, 7) is 1.58. The van der Waals surface area contributed by atoms with Gasteiger partial charge in [0.15, 0.2) is 5.78 Å². The quantitative estimate of drug-likeness (QED) is 0.595. The van der Waals surface area contributed by atoms with Crippen LogP contribution in [-0.2, 0) is 12.8 Å². The van der Waals surface area contributed by atoms with E-state index in [9.17, 15) is 9.18 Å². The summed E-state index contributed by atoms with van der Waals surface area (Å²) in [5.74, 6) is 0.0157. The summed E-state index contributed by atoms with van der Waals surface area (Å²) in [5, 5.41) is 0. The second kappa shape index (κ2) is 7.84. The van der Waals surface area contributed by atoms with Crippen molar-refractivity contribution < 1.29 is 9.18 Å². The minimum Gasteiger partial charge on any atom is -0.295 e. The second-order valence-corrected chi connectivity index (χ2v) is 6.27. The minimum atomic E-state index is -0.234. The Balaban J connectivity index is 1.89. The Hall–Kier alpha value is -2.81. The number of pyridine rings is 1. The topological polar surface area (TPSA) is 30.0 Å². The largest absolute Gasteiger partial charge is 0.295 e. The highest BCUT2D eigenvalue weighted by Crippen LogP contribution is 2.26. The van der Waals surface area contributed by atoms with Gasteiger partial charge >= 0.3 is 0 Å². The maximum Gasteiger partial charge on any atom is 0.159 e. The molecule has 126 valence electrons. The fraction of sp³-hybridized carbons (Fsp3) is 0.182. The predicted octanol–water partition coefficient (Wildman–Crippen LogP) is 4.99. The van der Waals surface area contributed by atoms with Gasteiger partial charge in [0.25, 0.3) is 0 Å². The Morgan fingerprint density at radius 3 is 2.40 bits per heavy atom. The van der Waals surface area contributed by atoms with Gasteiger partial charge in [0.1, 0.15) is 5.82 Å². The van der Waals surface area contributed by atoms with Crippen molar-refractivity contribution in [3.05, 3.63) is 101 Å². The molecule has 0 spiro atoms. The van der Waals surface area contributed by atoms with Crippen LogP contribution in [0.4, 0.5) is 4.39 Å². The fourth-order valence-corrected chi connectivity index (χ4v) is 3.05. The first-order valence-corrected chi connectivity index (χ1v) is 8.36. The molecule has 1 heterocycles. The summed E-state index contributed by atoms with van der Waals surface area (Å²) in [6, 6.07) is 18.4. The van der Waals surface area contributed by atoms with E-state index < -0.39 is 0 Å². The van der Waals surface area contributed by atoms with E-state index in [1.54, 1.807) is 13.1 Å². The molecule has 0 radical (unpaired) electrons. The molecule has 1 atom stereocenters. The van der Waals surface area contributed by atoms with E-state index in [4.69, 9.17) is 0 Å². The van der Waals surface area contributed by atoms with Gasteiger partial charge in [-0.2, -0.15) is 0 Å². The molecule has 0 aliphatic carbocycles. The third kappa shape index (κ3) is 4.60. The summed E-state index contributed by atoms with van der Waals surface area (Å²) >= 11 is 0. The number of halogens is 1. The smallest absolute Gasteiger partial charge is 0.159 e. The van der Waals surface area contributed by atoms with Crippen LogP contribution >= 0.6 is 0 Å². The molecular formula is C22H20FNO. The van der Waals surface area contributed by atoms with E-state index in [-0.39, 0.29) is 17.5 Å². The number of hydrogen-bond acceptors (Lipinski definition) is 2. The lowest BCUT2D eigenvalue weighted by Crippen LogP contribution is -2.08. The molecule has 1 aromatic heterocycles. The molecule has 3 rings (SSSR count). The van der Waals surface area contributed by atoms with Gasteiger partial charge in [0, 0.05) is 18.0 Å². The van der Waals surface area contributed by atoms with E-state index in [2.05, 4.69) is 11.1 Å². The van der Waals surface area contributed by atoms with E-state index >= 15 is 0 Å². The predicted molar refractivity (Wildman–Crippen MR) is 97.2 cm³/mol. The normalized spacial score (nSPS) is 11.9. The van der Waals surface area contributed by atoms with Crippen LogP contribution in [0.15, 0.2) is 73.1 Å². The number of carbonyl (C=O) groups is 1. The van der Waals surface area contributed by atoms with Gasteiger partial charge in [0.2, 0.25) is 0 Å². The lowest BCUT2D eigenvalue weighted by molar-refractivity contribution is 0.101. The first-order valence-electron chi connectivity index (χ1n) is 8.36. The first kappa shape index (κ1) is 17.0. The van der Waals surface area contributed by atoms with Crippen LogP contribution in [0.1, 0.15) is 39.9 Å². The number of Topliss-reactive ketones (excluding diaryl/α,β-unsaturated/α-hetero) is 1. The van der Waals surface area contributed by atoms with E-state index in [0.717, 1.165) is 35.1 Å². The summed E-state index contributed by atoms with van der Waals surface area (Å²) in [5.41, 5.74) is 4.04. The molecule has 25 heavy (non-hydrogen) atoms. The van der Waals surface area contributed by atoms with Gasteiger partial charge in [0.05, 0.1) is 0 Å². The van der Waals surface area contributed by atoms with Crippen molar-refractivity contribution in [2.75, 3.05) is 0 Å². The van der Waals surface area contributed by atoms with Crippen LogP contribution in [0.25, 0.3) is 0 Å². The molecule has 0 bridgehead atoms. The molecule has 0 aliphatic heterocycles. The van der Waals surface area contributed by atoms with E-state index in [1.165, 1.54) is 12.1 Å². The van der Waals surface area contributed by atoms with Gasteiger partial charge in [-0.1, -0.05) is 36.4 Å². The van der Waals surface area contributed by atoms with Gasteiger partial charge in [-0.3, -0.25) is 9.78 Å². The molecule has 0 fully saturated rings. The van der Waals surface area contributed by atoms with Gasteiger partial charge in [-0.15, -0.1) is 0 Å². The molecule has 0 amide bonds. The maximum atomic E-state index is 13.3. The zero-order chi connectivity index (χ0) is 17.6. The van der Waals surface area contributed by atoms with Crippen molar-refractivity contribution in [3.63, 3.8) is 0 Å². The molecule has 0 saturated heterocycles. The third-order valence-electron chi connectivity index (χ3n) is 4.36. The monoisotopic (exact) mass is 333 g/mol. The minimum absolute atomic E-state index is 0.0624. The molecular weight excluding hydrogens is 313 g/mol. The Labute approximate surface area is 147 Å². The van der Waals surface area contributed by atoms with Gasteiger partial charge in [-0.05, 0) is 66.6 Å². The Morgan fingerprint density at radius 2 is 1.72 bits per heavy atom. The molecule has 0 N–H and O–H groups in total. The molecule has 3 aromatic rings. The number of ketones is 1. The highest BCUT2D eigenvalue weighted by molar-refractivity contribution is 5.94. The Bertz CT molecular complexity index is 843. The average Bonchev–Trinajstić information content (AvgIpc) is 2.63. The van der Waals surface area contributed by atoms with Crippen molar-refractivity contribution in [2.24, 2.45) is 0 Å². The summed E-state index contributed by atoms with van der Waals surface area (Å²) in [7, 11) is 0. The second-order valence-electron chi connectivity index (χ2n) is 6.27. The summed E-state index contributed by atoms with van der Waals surface area (Å²) < 4.78 is 13.3. The molecule has 0 saturated carbocycles. The van der Waals surface area contributed by atoms with Crippen LogP contribution in [0.5, 0.6) is 0 Å². The summed E-state index contributed by atoms with van der Waals surface area (Å²) in [6.07, 6.45) is 5.21. The number of benzene rings is 2. The van der Waals surface area contributed by atoms with Crippen LogP contribution in [0, 0.1) is 5.82 Å². The molecule has 0 aliphatic rings. The van der Waals surface area contributed by atoms with Crippen LogP contribution in [0.2, 0.25) is 0 Å². The number of carbonyl (C=O) groups excluding carboxylic acids is 1. The van der Waals surface area contributed by atoms with Crippen LogP contribution in [0.3, 0.4) is 0 Å². The zero-order valence-electron chi connectivity index (χ0n) is 14.2. The number of aromatic nitrogens is 1. The highest BCUT2D eigenvalue weighted by atomic mass is 19.1.